The van der Waals surface area contributed by atoms with E-state index in [-0.39, 0.29) is 0 Å². The molecular weight excluding hydrogens is 169 g/mol. The van der Waals surface area contributed by atoms with E-state index in [0.29, 0.717) is 0 Å². The van der Waals surface area contributed by atoms with Crippen LogP contribution in [0.25, 0.3) is 0 Å². The molecule has 0 heterocycles. The summed E-state index contributed by atoms with van der Waals surface area (Å²) >= 11 is 3.10. The Hall–Kier alpha value is -0.430. The first kappa shape index (κ1) is 12.3. The zero-order chi connectivity index (χ0) is 8.78. The van der Waals surface area contributed by atoms with Crippen LogP contribution in [0.1, 0.15) is 0 Å². The molecule has 62 valence electrons. The van der Waals surface area contributed by atoms with Crippen molar-refractivity contribution in [2.24, 2.45) is 11.5 Å². The van der Waals surface area contributed by atoms with Crippen LogP contribution in [0.3, 0.4) is 0 Å². The van der Waals surface area contributed by atoms with Crippen molar-refractivity contribution < 1.29 is 18.0 Å². The van der Waals surface area contributed by atoms with Gasteiger partial charge < -0.3 is 11.5 Å². The first-order chi connectivity index (χ1) is 4.29. The molecule has 0 fully saturated rings. The lowest BCUT2D eigenvalue weighted by Gasteiger charge is -1.96. The minimum atomic E-state index is -4.18. The van der Waals surface area contributed by atoms with Crippen molar-refractivity contribution in [3.63, 3.8) is 0 Å². The highest BCUT2D eigenvalue weighted by Crippen LogP contribution is 2.10. The van der Waals surface area contributed by atoms with Crippen LogP contribution < -0.4 is 11.5 Å². The number of primary amides is 1. The van der Waals surface area contributed by atoms with Crippen molar-refractivity contribution >= 4 is 17.9 Å². The second-order valence-corrected chi connectivity index (χ2v) is 1.60. The predicted molar refractivity (Wildman–Crippen MR) is 33.7 cm³/mol. The Morgan fingerprint density at radius 1 is 1.50 bits per heavy atom. The number of carbonyl (C=O) groups is 1. The molecule has 0 rings (SSSR count). The maximum absolute atomic E-state index is 10.7. The molecule has 0 saturated heterocycles. The van der Waals surface area contributed by atoms with E-state index in [2.05, 4.69) is 24.1 Å². The van der Waals surface area contributed by atoms with Crippen LogP contribution in [0.5, 0.6) is 0 Å². The summed E-state index contributed by atoms with van der Waals surface area (Å²) in [4.78, 5) is 9.09. The quantitative estimate of drug-likeness (QED) is 0.470. The highest BCUT2D eigenvalue weighted by molar-refractivity contribution is 7.96. The van der Waals surface area contributed by atoms with Gasteiger partial charge in [-0.05, 0) is 0 Å². The molecule has 0 radical (unpaired) electrons. The SMILES string of the molecule is NC(=O)S.NCC(F)(F)F. The standard InChI is InChI=1S/C2H4F3N.CH3NOS/c3-2(4,5)1-6;2-1(3)4/h1,6H2;(H3,2,3,4). The van der Waals surface area contributed by atoms with Gasteiger partial charge in [-0.25, -0.2) is 0 Å². The molecule has 0 aliphatic rings. The number of nitrogens with two attached hydrogens (primary N) is 2. The van der Waals surface area contributed by atoms with Crippen molar-refractivity contribution in [2.45, 2.75) is 6.18 Å². The molecule has 0 bridgehead atoms. The van der Waals surface area contributed by atoms with Crippen molar-refractivity contribution in [3.05, 3.63) is 0 Å². The van der Waals surface area contributed by atoms with Crippen molar-refractivity contribution in [1.29, 1.82) is 0 Å². The van der Waals surface area contributed by atoms with Crippen LogP contribution >= 0.6 is 12.6 Å². The lowest BCUT2D eigenvalue weighted by molar-refractivity contribution is -0.118. The average Bonchev–Trinajstić information content (AvgIpc) is 1.63. The third kappa shape index (κ3) is 49.5. The lowest BCUT2D eigenvalue weighted by Crippen LogP contribution is -2.21. The number of alkyl halides is 3. The highest BCUT2D eigenvalue weighted by atomic mass is 32.1. The Balaban J connectivity index is 0. The molecule has 0 aromatic rings. The zero-order valence-electron chi connectivity index (χ0n) is 4.85. The number of amides is 1. The minimum absolute atomic E-state index is 0.639. The van der Waals surface area contributed by atoms with E-state index < -0.39 is 18.0 Å². The van der Waals surface area contributed by atoms with Crippen LogP contribution in [-0.4, -0.2) is 18.0 Å². The Labute approximate surface area is 61.0 Å². The van der Waals surface area contributed by atoms with Gasteiger partial charge in [0.1, 0.15) is 0 Å². The normalized spacial score (nSPS) is 9.70. The molecule has 0 aromatic carbocycles. The largest absolute Gasteiger partial charge is 0.400 e. The van der Waals surface area contributed by atoms with Gasteiger partial charge in [0.15, 0.2) is 0 Å². The molecule has 7 heteroatoms. The fraction of sp³-hybridized carbons (Fsp3) is 0.667. The zero-order valence-corrected chi connectivity index (χ0v) is 5.75. The van der Waals surface area contributed by atoms with E-state index in [1.807, 2.05) is 0 Å². The van der Waals surface area contributed by atoms with Crippen LogP contribution in [0.15, 0.2) is 0 Å². The van der Waals surface area contributed by atoms with Crippen LogP contribution in [0, 0.1) is 0 Å². The monoisotopic (exact) mass is 176 g/mol. The molecular formula is C3H7F3N2OS. The van der Waals surface area contributed by atoms with Crippen LogP contribution in [-0.2, 0) is 0 Å². The van der Waals surface area contributed by atoms with E-state index in [1.165, 1.54) is 0 Å². The van der Waals surface area contributed by atoms with Gasteiger partial charge in [-0.1, -0.05) is 12.6 Å². The summed E-state index contributed by atoms with van der Waals surface area (Å²) in [6.07, 6.45) is -4.18. The maximum Gasteiger partial charge on any atom is 0.400 e. The van der Waals surface area contributed by atoms with E-state index in [0.717, 1.165) is 0 Å². The number of hydrogen-bond acceptors (Lipinski definition) is 2. The van der Waals surface area contributed by atoms with Gasteiger partial charge in [0, 0.05) is 0 Å². The minimum Gasteiger partial charge on any atom is -0.361 e. The van der Waals surface area contributed by atoms with Crippen molar-refractivity contribution in [2.75, 3.05) is 6.54 Å². The molecule has 0 atom stereocenters. The molecule has 0 aromatic heterocycles. The smallest absolute Gasteiger partial charge is 0.361 e. The molecule has 3 nitrogen and oxygen atoms in total. The van der Waals surface area contributed by atoms with Crippen LogP contribution in [0.4, 0.5) is 18.0 Å². The molecule has 0 aliphatic heterocycles. The molecule has 4 N–H and O–H groups in total. The maximum atomic E-state index is 10.7. The van der Waals surface area contributed by atoms with Crippen LogP contribution in [0.2, 0.25) is 0 Å². The lowest BCUT2D eigenvalue weighted by atomic mass is 10.7. The third-order valence-corrected chi connectivity index (χ3v) is 0.231. The fourth-order valence-electron chi connectivity index (χ4n) is 0. The fourth-order valence-corrected chi connectivity index (χ4v) is 0. The molecule has 0 saturated carbocycles. The Bertz CT molecular complexity index is 100. The second-order valence-electron chi connectivity index (χ2n) is 1.16. The number of halogens is 3. The van der Waals surface area contributed by atoms with Gasteiger partial charge in [-0.15, -0.1) is 0 Å². The molecule has 10 heavy (non-hydrogen) atoms. The van der Waals surface area contributed by atoms with Crippen molar-refractivity contribution in [3.8, 4) is 0 Å². The highest BCUT2D eigenvalue weighted by Gasteiger charge is 2.23. The van der Waals surface area contributed by atoms with E-state index >= 15 is 0 Å². The van der Waals surface area contributed by atoms with E-state index in [9.17, 15) is 13.2 Å². The first-order valence-corrected chi connectivity index (χ1v) is 2.49. The summed E-state index contributed by atoms with van der Waals surface area (Å²) < 4.78 is 32.0. The van der Waals surface area contributed by atoms with Gasteiger partial charge in [0.2, 0.25) is 0 Å². The summed E-state index contributed by atoms with van der Waals surface area (Å²) in [7, 11) is 0. The topological polar surface area (TPSA) is 69.1 Å². The summed E-state index contributed by atoms with van der Waals surface area (Å²) in [5.41, 5.74) is 8.52. The average molecular weight is 176 g/mol. The van der Waals surface area contributed by atoms with Gasteiger partial charge >= 0.3 is 6.18 Å². The summed E-state index contributed by atoms with van der Waals surface area (Å²) in [6, 6.07) is 0. The Kier molecular flexibility index (Phi) is 6.58. The van der Waals surface area contributed by atoms with Crippen molar-refractivity contribution in [1.82, 2.24) is 0 Å². The second kappa shape index (κ2) is 5.36. The Morgan fingerprint density at radius 3 is 1.60 bits per heavy atom. The van der Waals surface area contributed by atoms with Gasteiger partial charge in [0.25, 0.3) is 5.24 Å². The van der Waals surface area contributed by atoms with E-state index in [1.54, 1.807) is 0 Å². The van der Waals surface area contributed by atoms with Gasteiger partial charge in [0.05, 0.1) is 6.54 Å². The first-order valence-electron chi connectivity index (χ1n) is 2.05. The predicted octanol–water partition coefficient (Wildman–Crippen LogP) is 0.502. The van der Waals surface area contributed by atoms with Gasteiger partial charge in [-0.2, -0.15) is 13.2 Å². The molecule has 0 aliphatic carbocycles. The molecule has 0 spiro atoms. The number of thiol groups is 1. The van der Waals surface area contributed by atoms with Gasteiger partial charge in [-0.3, -0.25) is 4.79 Å². The van der Waals surface area contributed by atoms with E-state index in [4.69, 9.17) is 4.79 Å². The number of carbonyl (C=O) groups excluding carboxylic acids is 1. The summed E-state index contributed by atoms with van der Waals surface area (Å²) in [6.45, 7) is -1.23. The number of rotatable bonds is 0. The molecule has 0 unspecified atom stereocenters. The molecule has 1 amide bonds. The Morgan fingerprint density at radius 2 is 1.60 bits per heavy atom. The number of hydrogen-bond donors (Lipinski definition) is 3. The summed E-state index contributed by atoms with van der Waals surface area (Å²) in [5, 5.41) is -0.639. The summed E-state index contributed by atoms with van der Waals surface area (Å²) in [5.74, 6) is 0. The third-order valence-electron chi connectivity index (χ3n) is 0.231.